The molecule has 0 heterocycles. The maximum Gasteiger partial charge on any atom is 0.322 e. The third-order valence-electron chi connectivity index (χ3n) is 5.16. The normalized spacial score (nSPS) is 11.3. The highest BCUT2D eigenvalue weighted by Crippen LogP contribution is 2.20. The first-order valence-electron chi connectivity index (χ1n) is 10.8. The van der Waals surface area contributed by atoms with E-state index in [-0.39, 0.29) is 36.8 Å². The Kier molecular flexibility index (Phi) is 8.36. The number of amides is 3. The summed E-state index contributed by atoms with van der Waals surface area (Å²) in [5, 5.41) is 5.79. The summed E-state index contributed by atoms with van der Waals surface area (Å²) in [5.74, 6) is -0.441. The number of nitrogens with zero attached hydrogens (tertiary/aromatic N) is 1. The fourth-order valence-electron chi connectivity index (χ4n) is 3.44. The molecule has 170 valence electrons. The molecule has 3 amide bonds. The number of anilines is 1. The van der Waals surface area contributed by atoms with Crippen LogP contribution in [0.15, 0.2) is 91.5 Å². The standard InChI is InChI=1S/C27H28FN3O2/c1-3-16-29-27(33)31(19-21-12-14-24(28)15-13-21)25-11-7-8-22(17-25)18-26(32)30-20(2)23-9-5-4-6-10-23/h3-15,17,20H,1,16,18-19H2,2H3,(H,29,33)(H,30,32). The van der Waals surface area contributed by atoms with Crippen molar-refractivity contribution >= 4 is 17.6 Å². The number of halogens is 1. The molecule has 0 bridgehead atoms. The summed E-state index contributed by atoms with van der Waals surface area (Å²) in [6.45, 7) is 6.15. The number of carbonyl (C=O) groups is 2. The molecule has 0 aliphatic heterocycles. The maximum atomic E-state index is 13.3. The van der Waals surface area contributed by atoms with Crippen LogP contribution in [0.5, 0.6) is 0 Å². The van der Waals surface area contributed by atoms with E-state index in [0.717, 1.165) is 16.7 Å². The second-order valence-electron chi connectivity index (χ2n) is 7.73. The summed E-state index contributed by atoms with van der Waals surface area (Å²) >= 11 is 0. The van der Waals surface area contributed by atoms with Gasteiger partial charge in [0.05, 0.1) is 19.0 Å². The Hall–Kier alpha value is -3.93. The molecule has 0 saturated carbocycles. The van der Waals surface area contributed by atoms with Crippen molar-refractivity contribution in [3.05, 3.63) is 114 Å². The van der Waals surface area contributed by atoms with Crippen LogP contribution in [0.4, 0.5) is 14.9 Å². The van der Waals surface area contributed by atoms with Crippen LogP contribution in [-0.2, 0) is 17.8 Å². The summed E-state index contributed by atoms with van der Waals surface area (Å²) in [6.07, 6.45) is 1.78. The molecule has 1 atom stereocenters. The molecule has 0 saturated heterocycles. The number of benzene rings is 3. The molecule has 6 heteroatoms. The molecule has 2 N–H and O–H groups in total. The smallest absolute Gasteiger partial charge is 0.322 e. The van der Waals surface area contributed by atoms with Gasteiger partial charge >= 0.3 is 6.03 Å². The minimum absolute atomic E-state index is 0.107. The number of urea groups is 1. The Morgan fingerprint density at radius 3 is 2.42 bits per heavy atom. The Morgan fingerprint density at radius 1 is 1.00 bits per heavy atom. The first-order chi connectivity index (χ1) is 16.0. The topological polar surface area (TPSA) is 61.4 Å². The van der Waals surface area contributed by atoms with Crippen LogP contribution in [0, 0.1) is 5.82 Å². The Labute approximate surface area is 193 Å². The largest absolute Gasteiger partial charge is 0.349 e. The number of carbonyl (C=O) groups excluding carboxylic acids is 2. The van der Waals surface area contributed by atoms with E-state index in [4.69, 9.17) is 0 Å². The molecule has 0 aliphatic carbocycles. The van der Waals surface area contributed by atoms with Crippen molar-refractivity contribution in [1.29, 1.82) is 0 Å². The number of hydrogen-bond donors (Lipinski definition) is 2. The second kappa shape index (κ2) is 11.6. The van der Waals surface area contributed by atoms with E-state index in [1.165, 1.54) is 12.1 Å². The van der Waals surface area contributed by atoms with E-state index in [1.54, 1.807) is 23.1 Å². The first kappa shape index (κ1) is 23.7. The zero-order chi connectivity index (χ0) is 23.6. The molecule has 1 unspecified atom stereocenters. The molecule has 5 nitrogen and oxygen atoms in total. The van der Waals surface area contributed by atoms with E-state index in [2.05, 4.69) is 17.2 Å². The van der Waals surface area contributed by atoms with Gasteiger partial charge in [-0.25, -0.2) is 9.18 Å². The van der Waals surface area contributed by atoms with E-state index < -0.39 is 0 Å². The fraction of sp³-hybridized carbons (Fsp3) is 0.185. The summed E-state index contributed by atoms with van der Waals surface area (Å²) in [7, 11) is 0. The van der Waals surface area contributed by atoms with Gasteiger partial charge in [0.15, 0.2) is 0 Å². The third kappa shape index (κ3) is 7.04. The molecule has 3 aromatic rings. The fourth-order valence-corrected chi connectivity index (χ4v) is 3.44. The monoisotopic (exact) mass is 445 g/mol. The van der Waals surface area contributed by atoms with Crippen LogP contribution in [0.2, 0.25) is 0 Å². The second-order valence-corrected chi connectivity index (χ2v) is 7.73. The van der Waals surface area contributed by atoms with E-state index in [0.29, 0.717) is 12.2 Å². The molecule has 0 fully saturated rings. The first-order valence-corrected chi connectivity index (χ1v) is 10.8. The lowest BCUT2D eigenvalue weighted by Crippen LogP contribution is -2.39. The maximum absolute atomic E-state index is 13.3. The van der Waals surface area contributed by atoms with Gasteiger partial charge in [0.1, 0.15) is 5.82 Å². The van der Waals surface area contributed by atoms with Crippen molar-refractivity contribution in [2.75, 3.05) is 11.4 Å². The van der Waals surface area contributed by atoms with Crippen LogP contribution in [-0.4, -0.2) is 18.5 Å². The van der Waals surface area contributed by atoms with E-state index in [9.17, 15) is 14.0 Å². The molecule has 0 aromatic heterocycles. The van der Waals surface area contributed by atoms with Gasteiger partial charge < -0.3 is 10.6 Å². The predicted molar refractivity (Wildman–Crippen MR) is 129 cm³/mol. The van der Waals surface area contributed by atoms with Crippen molar-refractivity contribution < 1.29 is 14.0 Å². The van der Waals surface area contributed by atoms with Crippen molar-refractivity contribution in [3.8, 4) is 0 Å². The molecule has 0 spiro atoms. The minimum Gasteiger partial charge on any atom is -0.349 e. The van der Waals surface area contributed by atoms with Crippen LogP contribution < -0.4 is 15.5 Å². The van der Waals surface area contributed by atoms with Gasteiger partial charge in [-0.2, -0.15) is 0 Å². The quantitative estimate of drug-likeness (QED) is 0.448. The Balaban J connectivity index is 1.74. The Bertz CT molecular complexity index is 1080. The number of hydrogen-bond acceptors (Lipinski definition) is 2. The van der Waals surface area contributed by atoms with Gasteiger partial charge in [-0.1, -0.05) is 60.7 Å². The highest BCUT2D eigenvalue weighted by molar-refractivity contribution is 5.92. The highest BCUT2D eigenvalue weighted by Gasteiger charge is 2.17. The van der Waals surface area contributed by atoms with Gasteiger partial charge in [-0.05, 0) is 47.9 Å². The SMILES string of the molecule is C=CCNC(=O)N(Cc1ccc(F)cc1)c1cccc(CC(=O)NC(C)c2ccccc2)c1. The number of nitrogens with one attached hydrogen (secondary N) is 2. The molecule has 3 aromatic carbocycles. The number of rotatable bonds is 9. The lowest BCUT2D eigenvalue weighted by atomic mass is 10.1. The third-order valence-corrected chi connectivity index (χ3v) is 5.16. The average molecular weight is 446 g/mol. The van der Waals surface area contributed by atoms with E-state index in [1.807, 2.05) is 61.5 Å². The molecule has 0 aliphatic rings. The Morgan fingerprint density at radius 2 is 1.73 bits per heavy atom. The lowest BCUT2D eigenvalue weighted by Gasteiger charge is -2.24. The lowest BCUT2D eigenvalue weighted by molar-refractivity contribution is -0.121. The highest BCUT2D eigenvalue weighted by atomic mass is 19.1. The minimum atomic E-state index is -0.334. The van der Waals surface area contributed by atoms with Crippen molar-refractivity contribution in [2.45, 2.75) is 25.9 Å². The molecular formula is C27H28FN3O2. The van der Waals surface area contributed by atoms with Crippen LogP contribution in [0.1, 0.15) is 29.7 Å². The molecular weight excluding hydrogens is 417 g/mol. The summed E-state index contributed by atoms with van der Waals surface area (Å²) in [6, 6.07) is 22.7. The van der Waals surface area contributed by atoms with Crippen molar-refractivity contribution in [3.63, 3.8) is 0 Å². The van der Waals surface area contributed by atoms with Gasteiger partial charge in [0.2, 0.25) is 5.91 Å². The molecule has 0 radical (unpaired) electrons. The van der Waals surface area contributed by atoms with Crippen LogP contribution in [0.3, 0.4) is 0 Å². The summed E-state index contributed by atoms with van der Waals surface area (Å²) in [4.78, 5) is 27.0. The predicted octanol–water partition coefficient (Wildman–Crippen LogP) is 5.15. The van der Waals surface area contributed by atoms with Gasteiger partial charge in [0.25, 0.3) is 0 Å². The average Bonchev–Trinajstić information content (AvgIpc) is 2.82. The van der Waals surface area contributed by atoms with Crippen molar-refractivity contribution in [2.24, 2.45) is 0 Å². The zero-order valence-corrected chi connectivity index (χ0v) is 18.6. The van der Waals surface area contributed by atoms with Crippen molar-refractivity contribution in [1.82, 2.24) is 10.6 Å². The van der Waals surface area contributed by atoms with Gasteiger partial charge in [-0.15, -0.1) is 6.58 Å². The summed E-state index contributed by atoms with van der Waals surface area (Å²) < 4.78 is 13.3. The summed E-state index contributed by atoms with van der Waals surface area (Å²) in [5.41, 5.74) is 3.24. The van der Waals surface area contributed by atoms with Gasteiger partial charge in [-0.3, -0.25) is 9.69 Å². The van der Waals surface area contributed by atoms with Gasteiger partial charge in [0, 0.05) is 12.2 Å². The molecule has 3 rings (SSSR count). The van der Waals surface area contributed by atoms with Crippen LogP contribution in [0.25, 0.3) is 0 Å². The molecule has 33 heavy (non-hydrogen) atoms. The zero-order valence-electron chi connectivity index (χ0n) is 18.6. The van der Waals surface area contributed by atoms with Crippen LogP contribution >= 0.6 is 0 Å². The van der Waals surface area contributed by atoms with E-state index >= 15 is 0 Å².